The number of hydrogen-bond donors (Lipinski definition) is 1. The maximum Gasteiger partial charge on any atom is 0.261 e. The van der Waals surface area contributed by atoms with Crippen LogP contribution in [0.3, 0.4) is 0 Å². The van der Waals surface area contributed by atoms with Gasteiger partial charge in [0.1, 0.15) is 5.82 Å². The molecule has 0 bridgehead atoms. The summed E-state index contributed by atoms with van der Waals surface area (Å²) in [5.41, 5.74) is 0. The highest BCUT2D eigenvalue weighted by molar-refractivity contribution is 7.20. The third-order valence-corrected chi connectivity index (χ3v) is 3.76. The van der Waals surface area contributed by atoms with Crippen molar-refractivity contribution in [2.45, 2.75) is 19.9 Å². The van der Waals surface area contributed by atoms with Crippen LogP contribution in [0.2, 0.25) is 0 Å². The molecule has 0 saturated heterocycles. The first kappa shape index (κ1) is 12.7. The molecule has 1 aromatic heterocycles. The minimum atomic E-state index is -0.514. The van der Waals surface area contributed by atoms with E-state index in [0.29, 0.717) is 4.88 Å². The molecular weight excluding hydrogens is 253 g/mol. The van der Waals surface area contributed by atoms with Gasteiger partial charge in [0.15, 0.2) is 5.78 Å². The summed E-state index contributed by atoms with van der Waals surface area (Å²) in [6.45, 7) is 3.05. The van der Waals surface area contributed by atoms with Crippen molar-refractivity contribution in [2.24, 2.45) is 0 Å². The summed E-state index contributed by atoms with van der Waals surface area (Å²) in [5, 5.41) is 3.42. The van der Waals surface area contributed by atoms with E-state index in [1.807, 2.05) is 0 Å². The number of benzene rings is 1. The Morgan fingerprint density at radius 1 is 1.33 bits per heavy atom. The van der Waals surface area contributed by atoms with Crippen molar-refractivity contribution in [3.05, 3.63) is 35.0 Å². The third kappa shape index (κ3) is 2.56. The van der Waals surface area contributed by atoms with Gasteiger partial charge in [-0.25, -0.2) is 4.39 Å². The standard InChI is InChI=1S/C13H12FNO2S/c1-7(8(2)16)15-13(17)12-5-9-3-4-10(14)6-11(9)18-12/h3-7H,1-2H3,(H,15,17). The Morgan fingerprint density at radius 2 is 2.06 bits per heavy atom. The van der Waals surface area contributed by atoms with E-state index in [4.69, 9.17) is 0 Å². The molecule has 94 valence electrons. The van der Waals surface area contributed by atoms with E-state index in [9.17, 15) is 14.0 Å². The Labute approximate surface area is 108 Å². The summed E-state index contributed by atoms with van der Waals surface area (Å²) < 4.78 is 13.7. The molecule has 1 atom stereocenters. The maximum atomic E-state index is 13.0. The Kier molecular flexibility index (Phi) is 3.43. The van der Waals surface area contributed by atoms with Crippen molar-refractivity contribution in [2.75, 3.05) is 0 Å². The normalized spacial score (nSPS) is 12.4. The molecule has 18 heavy (non-hydrogen) atoms. The zero-order chi connectivity index (χ0) is 13.3. The van der Waals surface area contributed by atoms with Crippen LogP contribution >= 0.6 is 11.3 Å². The lowest BCUT2D eigenvalue weighted by Gasteiger charge is -2.08. The largest absolute Gasteiger partial charge is 0.342 e. The van der Waals surface area contributed by atoms with Crippen LogP contribution in [-0.2, 0) is 4.79 Å². The van der Waals surface area contributed by atoms with E-state index < -0.39 is 6.04 Å². The second kappa shape index (κ2) is 4.86. The van der Waals surface area contributed by atoms with Crippen LogP contribution in [0.15, 0.2) is 24.3 Å². The van der Waals surface area contributed by atoms with Gasteiger partial charge in [-0.05, 0) is 37.4 Å². The fourth-order valence-electron chi connectivity index (χ4n) is 1.49. The number of carbonyl (C=O) groups excluding carboxylic acids is 2. The number of carbonyl (C=O) groups is 2. The number of ketones is 1. The van der Waals surface area contributed by atoms with Gasteiger partial charge in [-0.15, -0.1) is 11.3 Å². The predicted octanol–water partition coefficient (Wildman–Crippen LogP) is 2.75. The molecule has 0 spiro atoms. The van der Waals surface area contributed by atoms with Crippen LogP contribution in [0.4, 0.5) is 4.39 Å². The second-order valence-corrected chi connectivity index (χ2v) is 5.18. The number of Topliss-reactive ketones (excluding diaryl/α,β-unsaturated/α-hetero) is 1. The van der Waals surface area contributed by atoms with Crippen molar-refractivity contribution in [3.63, 3.8) is 0 Å². The summed E-state index contributed by atoms with van der Waals surface area (Å²) in [7, 11) is 0. The molecule has 3 nitrogen and oxygen atoms in total. The minimum Gasteiger partial charge on any atom is -0.342 e. The molecule has 0 radical (unpaired) electrons. The fraction of sp³-hybridized carbons (Fsp3) is 0.231. The Hall–Kier alpha value is -1.75. The quantitative estimate of drug-likeness (QED) is 0.927. The van der Waals surface area contributed by atoms with Gasteiger partial charge in [0.2, 0.25) is 0 Å². The molecule has 2 aromatic rings. The SMILES string of the molecule is CC(=O)C(C)NC(=O)c1cc2ccc(F)cc2s1. The highest BCUT2D eigenvalue weighted by Crippen LogP contribution is 2.26. The lowest BCUT2D eigenvalue weighted by atomic mass is 10.2. The fourth-order valence-corrected chi connectivity index (χ4v) is 2.48. The zero-order valence-electron chi connectivity index (χ0n) is 9.99. The molecule has 5 heteroatoms. The van der Waals surface area contributed by atoms with E-state index in [1.165, 1.54) is 30.4 Å². The zero-order valence-corrected chi connectivity index (χ0v) is 10.8. The summed E-state index contributed by atoms with van der Waals surface area (Å²) in [6.07, 6.45) is 0. The first-order chi connectivity index (χ1) is 8.47. The number of nitrogens with one attached hydrogen (secondary N) is 1. The van der Waals surface area contributed by atoms with Crippen LogP contribution < -0.4 is 5.32 Å². The van der Waals surface area contributed by atoms with Crippen LogP contribution in [0.5, 0.6) is 0 Å². The lowest BCUT2D eigenvalue weighted by molar-refractivity contribution is -0.118. The van der Waals surface area contributed by atoms with Gasteiger partial charge < -0.3 is 5.32 Å². The van der Waals surface area contributed by atoms with E-state index in [1.54, 1.807) is 19.1 Å². The first-order valence-electron chi connectivity index (χ1n) is 5.48. The van der Waals surface area contributed by atoms with E-state index in [2.05, 4.69) is 5.32 Å². The van der Waals surface area contributed by atoms with Gasteiger partial charge in [-0.3, -0.25) is 9.59 Å². The van der Waals surface area contributed by atoms with E-state index in [-0.39, 0.29) is 17.5 Å². The molecule has 0 aliphatic rings. The average Bonchev–Trinajstić information content (AvgIpc) is 2.71. The number of rotatable bonds is 3. The molecule has 1 unspecified atom stereocenters. The highest BCUT2D eigenvalue weighted by Gasteiger charge is 2.15. The number of hydrogen-bond acceptors (Lipinski definition) is 3. The summed E-state index contributed by atoms with van der Waals surface area (Å²) in [5.74, 6) is -0.733. The Balaban J connectivity index is 2.26. The molecule has 1 heterocycles. The third-order valence-electron chi connectivity index (χ3n) is 2.66. The summed E-state index contributed by atoms with van der Waals surface area (Å²) in [6, 6.07) is 5.56. The van der Waals surface area contributed by atoms with Crippen LogP contribution in [0, 0.1) is 5.82 Å². The monoisotopic (exact) mass is 265 g/mol. The van der Waals surface area contributed by atoms with Crippen molar-refractivity contribution in [1.82, 2.24) is 5.32 Å². The number of halogens is 1. The van der Waals surface area contributed by atoms with Gasteiger partial charge >= 0.3 is 0 Å². The van der Waals surface area contributed by atoms with Gasteiger partial charge in [0, 0.05) is 4.70 Å². The van der Waals surface area contributed by atoms with Crippen LogP contribution in [0.1, 0.15) is 23.5 Å². The number of fused-ring (bicyclic) bond motifs is 1. The Morgan fingerprint density at radius 3 is 2.72 bits per heavy atom. The molecule has 1 amide bonds. The first-order valence-corrected chi connectivity index (χ1v) is 6.29. The number of amides is 1. The van der Waals surface area contributed by atoms with Gasteiger partial charge in [-0.1, -0.05) is 6.07 Å². The second-order valence-electron chi connectivity index (χ2n) is 4.10. The summed E-state index contributed by atoms with van der Waals surface area (Å²) in [4.78, 5) is 23.4. The van der Waals surface area contributed by atoms with Crippen molar-refractivity contribution in [3.8, 4) is 0 Å². The average molecular weight is 265 g/mol. The highest BCUT2D eigenvalue weighted by atomic mass is 32.1. The molecule has 1 aromatic carbocycles. The minimum absolute atomic E-state index is 0.101. The molecule has 0 aliphatic heterocycles. The molecule has 0 saturated carbocycles. The number of thiophene rings is 1. The van der Waals surface area contributed by atoms with Gasteiger partial charge in [-0.2, -0.15) is 0 Å². The van der Waals surface area contributed by atoms with Crippen molar-refractivity contribution >= 4 is 33.1 Å². The Bertz CT molecular complexity index is 620. The summed E-state index contributed by atoms with van der Waals surface area (Å²) >= 11 is 1.21. The lowest BCUT2D eigenvalue weighted by Crippen LogP contribution is -2.36. The van der Waals surface area contributed by atoms with Crippen LogP contribution in [-0.4, -0.2) is 17.7 Å². The molecular formula is C13H12FNO2S. The molecule has 0 fully saturated rings. The topological polar surface area (TPSA) is 46.2 Å². The molecule has 1 N–H and O–H groups in total. The van der Waals surface area contributed by atoms with Crippen LogP contribution in [0.25, 0.3) is 10.1 Å². The predicted molar refractivity (Wildman–Crippen MR) is 69.4 cm³/mol. The van der Waals surface area contributed by atoms with Crippen molar-refractivity contribution < 1.29 is 14.0 Å². The molecule has 2 rings (SSSR count). The van der Waals surface area contributed by atoms with Gasteiger partial charge in [0.25, 0.3) is 5.91 Å². The smallest absolute Gasteiger partial charge is 0.261 e. The molecule has 0 aliphatic carbocycles. The van der Waals surface area contributed by atoms with E-state index >= 15 is 0 Å². The van der Waals surface area contributed by atoms with E-state index in [0.717, 1.165) is 10.1 Å². The van der Waals surface area contributed by atoms with Gasteiger partial charge in [0.05, 0.1) is 10.9 Å². The maximum absolute atomic E-state index is 13.0. The van der Waals surface area contributed by atoms with Crippen molar-refractivity contribution in [1.29, 1.82) is 0 Å².